The summed E-state index contributed by atoms with van der Waals surface area (Å²) in [6, 6.07) is 3.01. The third-order valence-electron chi connectivity index (χ3n) is 2.93. The van der Waals surface area contributed by atoms with Gasteiger partial charge in [0.1, 0.15) is 5.82 Å². The number of alkyl halides is 3. The lowest BCUT2D eigenvalue weighted by molar-refractivity contribution is -0.137. The molecule has 0 atom stereocenters. The molecule has 0 unspecified atom stereocenters. The van der Waals surface area contributed by atoms with Crippen LogP contribution in [-0.2, 0) is 12.8 Å². The number of rotatable bonds is 4. The molecule has 0 radical (unpaired) electrons. The number of nitrogens with one attached hydrogen (secondary N) is 1. The molecule has 0 amide bonds. The summed E-state index contributed by atoms with van der Waals surface area (Å²) in [5, 5.41) is 23.2. The van der Waals surface area contributed by atoms with E-state index in [1.807, 2.05) is 0 Å². The van der Waals surface area contributed by atoms with Gasteiger partial charge in [-0.15, -0.1) is 5.11 Å². The van der Waals surface area contributed by atoms with Crippen LogP contribution >= 0.6 is 0 Å². The smallest absolute Gasteiger partial charge is 0.392 e. The summed E-state index contributed by atoms with van der Waals surface area (Å²) in [6.45, 7) is -0.538. The van der Waals surface area contributed by atoms with Crippen molar-refractivity contribution in [3.63, 3.8) is 0 Å². The van der Waals surface area contributed by atoms with Gasteiger partial charge in [0.2, 0.25) is 0 Å². The van der Waals surface area contributed by atoms with Crippen LogP contribution in [0.1, 0.15) is 11.1 Å². The molecule has 23 heavy (non-hydrogen) atoms. The zero-order valence-electron chi connectivity index (χ0n) is 12.4. The van der Waals surface area contributed by atoms with E-state index in [2.05, 4.69) is 20.4 Å². The molecule has 0 aliphatic rings. The molecule has 0 bridgehead atoms. The average Bonchev–Trinajstić information content (AvgIpc) is 2.85. The Balaban J connectivity index is 2.42. The maximum Gasteiger partial charge on any atom is 0.416 e. The summed E-state index contributed by atoms with van der Waals surface area (Å²) in [6.07, 6.45) is -4.54. The molecule has 124 valence electrons. The van der Waals surface area contributed by atoms with Crippen molar-refractivity contribution in [1.29, 1.82) is 0 Å². The summed E-state index contributed by atoms with van der Waals surface area (Å²) in [4.78, 5) is 1.63. The number of halogens is 3. The number of hydrogen-bond donors (Lipinski definition) is 3. The molecule has 0 spiro atoms. The van der Waals surface area contributed by atoms with Crippen LogP contribution < -0.4 is 10.6 Å². The molecule has 7 nitrogen and oxygen atoms in total. The van der Waals surface area contributed by atoms with Crippen LogP contribution in [0.25, 0.3) is 0 Å². The Morgan fingerprint density at radius 2 is 1.96 bits per heavy atom. The standard InChI is InChI=1S/C13H15F3N6O/c1-22(2)12-10(11(17)20-21-12)19-18-9-4-7(6-23)3-8(5-9)13(14,15)16/h3-5,23H,6H2,1-2H3,(H3,17,20,21). The predicted molar refractivity (Wildman–Crippen MR) is 78.9 cm³/mol. The van der Waals surface area contributed by atoms with Crippen LogP contribution in [0.5, 0.6) is 0 Å². The summed E-state index contributed by atoms with van der Waals surface area (Å²) in [7, 11) is 3.42. The highest BCUT2D eigenvalue weighted by Gasteiger charge is 2.31. The van der Waals surface area contributed by atoms with E-state index in [0.29, 0.717) is 5.82 Å². The number of aliphatic hydroxyl groups is 1. The molecule has 10 heteroatoms. The summed E-state index contributed by atoms with van der Waals surface area (Å²) in [5.74, 6) is 0.549. The zero-order valence-corrected chi connectivity index (χ0v) is 12.4. The molecule has 4 N–H and O–H groups in total. The molecule has 2 aromatic rings. The fourth-order valence-electron chi connectivity index (χ4n) is 1.84. The number of nitrogens with zero attached hydrogens (tertiary/aromatic N) is 4. The molecule has 0 saturated heterocycles. The minimum Gasteiger partial charge on any atom is -0.392 e. The van der Waals surface area contributed by atoms with Gasteiger partial charge in [-0.1, -0.05) is 0 Å². The van der Waals surface area contributed by atoms with Crippen LogP contribution in [0, 0.1) is 0 Å². The van der Waals surface area contributed by atoms with Gasteiger partial charge in [-0.25, -0.2) is 0 Å². The number of azo groups is 1. The molecule has 2 rings (SSSR count). The van der Waals surface area contributed by atoms with Crippen molar-refractivity contribution in [2.24, 2.45) is 10.2 Å². The van der Waals surface area contributed by atoms with Crippen molar-refractivity contribution >= 4 is 23.0 Å². The highest BCUT2D eigenvalue weighted by atomic mass is 19.4. The van der Waals surface area contributed by atoms with Gasteiger partial charge in [0, 0.05) is 14.1 Å². The molecule has 0 fully saturated rings. The normalized spacial score (nSPS) is 12.1. The highest BCUT2D eigenvalue weighted by molar-refractivity contribution is 5.72. The number of nitrogens with two attached hydrogens (primary N) is 1. The van der Waals surface area contributed by atoms with E-state index < -0.39 is 18.3 Å². The first-order valence-electron chi connectivity index (χ1n) is 6.47. The largest absolute Gasteiger partial charge is 0.416 e. The summed E-state index contributed by atoms with van der Waals surface area (Å²) < 4.78 is 38.5. The second kappa shape index (κ2) is 6.24. The third kappa shape index (κ3) is 3.77. The number of nitrogen functional groups attached to an aromatic ring is 1. The Morgan fingerprint density at radius 3 is 2.52 bits per heavy atom. The number of hydrogen-bond acceptors (Lipinski definition) is 6. The van der Waals surface area contributed by atoms with Crippen molar-refractivity contribution < 1.29 is 18.3 Å². The predicted octanol–water partition coefficient (Wildman–Crippen LogP) is 2.98. The van der Waals surface area contributed by atoms with Crippen molar-refractivity contribution in [3.05, 3.63) is 29.3 Å². The number of aromatic nitrogens is 2. The van der Waals surface area contributed by atoms with Gasteiger partial charge in [0.05, 0.1) is 17.9 Å². The Bertz CT molecular complexity index is 723. The fraction of sp³-hybridized carbons (Fsp3) is 0.308. The lowest BCUT2D eigenvalue weighted by atomic mass is 10.1. The van der Waals surface area contributed by atoms with Crippen molar-refractivity contribution in [3.8, 4) is 0 Å². The van der Waals surface area contributed by atoms with Crippen LogP contribution in [0.4, 0.5) is 36.2 Å². The number of anilines is 2. The monoisotopic (exact) mass is 328 g/mol. The van der Waals surface area contributed by atoms with E-state index in [1.165, 1.54) is 6.07 Å². The molecular weight excluding hydrogens is 313 g/mol. The first-order valence-corrected chi connectivity index (χ1v) is 6.47. The molecular formula is C13H15F3N6O. The Morgan fingerprint density at radius 1 is 1.26 bits per heavy atom. The molecule has 0 saturated carbocycles. The van der Waals surface area contributed by atoms with Gasteiger partial charge in [0.25, 0.3) is 0 Å². The highest BCUT2D eigenvalue weighted by Crippen LogP contribution is 2.35. The quantitative estimate of drug-likeness (QED) is 0.751. The Labute approximate surface area is 129 Å². The van der Waals surface area contributed by atoms with Gasteiger partial charge in [-0.05, 0) is 23.8 Å². The van der Waals surface area contributed by atoms with Crippen LogP contribution in [-0.4, -0.2) is 29.4 Å². The first-order chi connectivity index (χ1) is 10.7. The van der Waals surface area contributed by atoms with E-state index in [0.717, 1.165) is 12.1 Å². The number of benzene rings is 1. The number of H-pyrrole nitrogens is 1. The zero-order chi connectivity index (χ0) is 17.2. The first kappa shape index (κ1) is 16.7. The van der Waals surface area contributed by atoms with Crippen LogP contribution in [0.2, 0.25) is 0 Å². The van der Waals surface area contributed by atoms with Gasteiger partial charge in [-0.2, -0.15) is 23.4 Å². The van der Waals surface area contributed by atoms with E-state index in [9.17, 15) is 13.2 Å². The third-order valence-corrected chi connectivity index (χ3v) is 2.93. The number of aliphatic hydroxyl groups excluding tert-OH is 1. The Kier molecular flexibility index (Phi) is 4.55. The SMILES string of the molecule is CN(C)c1n[nH]c(N)c1N=Nc1cc(CO)cc(C(F)(F)F)c1. The fourth-order valence-corrected chi connectivity index (χ4v) is 1.84. The second-order valence-corrected chi connectivity index (χ2v) is 4.95. The van der Waals surface area contributed by atoms with Crippen LogP contribution in [0.3, 0.4) is 0 Å². The number of aromatic amines is 1. The lowest BCUT2D eigenvalue weighted by Gasteiger charge is -2.09. The summed E-state index contributed by atoms with van der Waals surface area (Å²) in [5.41, 5.74) is 5.03. The molecule has 1 aromatic heterocycles. The molecule has 0 aliphatic heterocycles. The van der Waals surface area contributed by atoms with E-state index >= 15 is 0 Å². The van der Waals surface area contributed by atoms with E-state index in [-0.39, 0.29) is 22.8 Å². The van der Waals surface area contributed by atoms with Gasteiger partial charge >= 0.3 is 6.18 Å². The lowest BCUT2D eigenvalue weighted by Crippen LogP contribution is -2.09. The van der Waals surface area contributed by atoms with Crippen molar-refractivity contribution in [1.82, 2.24) is 10.2 Å². The molecule has 1 heterocycles. The van der Waals surface area contributed by atoms with Gasteiger partial charge < -0.3 is 15.7 Å². The minimum absolute atomic E-state index is 0.0471. The van der Waals surface area contributed by atoms with E-state index in [1.54, 1.807) is 19.0 Å². The van der Waals surface area contributed by atoms with Crippen molar-refractivity contribution in [2.45, 2.75) is 12.8 Å². The topological polar surface area (TPSA) is 103 Å². The van der Waals surface area contributed by atoms with Crippen LogP contribution in [0.15, 0.2) is 28.4 Å². The molecule has 1 aromatic carbocycles. The van der Waals surface area contributed by atoms with Gasteiger partial charge in [0.15, 0.2) is 11.5 Å². The maximum absolute atomic E-state index is 12.8. The van der Waals surface area contributed by atoms with E-state index in [4.69, 9.17) is 10.8 Å². The average molecular weight is 328 g/mol. The maximum atomic E-state index is 12.8. The summed E-state index contributed by atoms with van der Waals surface area (Å²) >= 11 is 0. The van der Waals surface area contributed by atoms with Crippen molar-refractivity contribution in [2.75, 3.05) is 24.7 Å². The molecule has 0 aliphatic carbocycles. The second-order valence-electron chi connectivity index (χ2n) is 4.95. The van der Waals surface area contributed by atoms with Gasteiger partial charge in [-0.3, -0.25) is 5.10 Å². The minimum atomic E-state index is -4.54. The Hall–Kier alpha value is -2.62.